The molecule has 98 valence electrons. The lowest BCUT2D eigenvalue weighted by atomic mass is 9.86. The lowest BCUT2D eigenvalue weighted by Gasteiger charge is -2.29. The van der Waals surface area contributed by atoms with Crippen molar-refractivity contribution in [1.29, 1.82) is 0 Å². The van der Waals surface area contributed by atoms with Gasteiger partial charge in [-0.1, -0.05) is 33.0 Å². The molecular formula is C13H24N2OS. The summed E-state index contributed by atoms with van der Waals surface area (Å²) < 4.78 is 0. The van der Waals surface area contributed by atoms with E-state index in [1.807, 2.05) is 13.8 Å². The molecule has 0 bridgehead atoms. The van der Waals surface area contributed by atoms with E-state index in [0.29, 0.717) is 11.0 Å². The van der Waals surface area contributed by atoms with E-state index in [2.05, 4.69) is 12.2 Å². The fourth-order valence-corrected chi connectivity index (χ4v) is 2.84. The fourth-order valence-electron chi connectivity index (χ4n) is 2.46. The third-order valence-corrected chi connectivity index (χ3v) is 3.87. The lowest BCUT2D eigenvalue weighted by molar-refractivity contribution is -0.125. The van der Waals surface area contributed by atoms with E-state index in [9.17, 15) is 4.79 Å². The van der Waals surface area contributed by atoms with Gasteiger partial charge in [-0.05, 0) is 37.5 Å². The number of hydrogen-bond donors (Lipinski definition) is 2. The highest BCUT2D eigenvalue weighted by Gasteiger charge is 2.28. The molecule has 1 amide bonds. The summed E-state index contributed by atoms with van der Waals surface area (Å²) in [5.74, 6) is 0.631. The van der Waals surface area contributed by atoms with Gasteiger partial charge in [0.25, 0.3) is 0 Å². The maximum Gasteiger partial charge on any atom is 0.230 e. The van der Waals surface area contributed by atoms with E-state index in [4.69, 9.17) is 18.0 Å². The maximum atomic E-state index is 12.1. The van der Waals surface area contributed by atoms with Gasteiger partial charge in [-0.3, -0.25) is 4.79 Å². The molecule has 0 aromatic carbocycles. The Labute approximate surface area is 110 Å². The average Bonchev–Trinajstić information content (AvgIpc) is 2.20. The Morgan fingerprint density at radius 2 is 1.82 bits per heavy atom. The van der Waals surface area contributed by atoms with Crippen LogP contribution in [0, 0.1) is 17.8 Å². The fraction of sp³-hybridized carbons (Fsp3) is 0.846. The Balaban J connectivity index is 2.50. The van der Waals surface area contributed by atoms with Gasteiger partial charge < -0.3 is 11.1 Å². The van der Waals surface area contributed by atoms with E-state index < -0.39 is 0 Å². The topological polar surface area (TPSA) is 55.1 Å². The smallest absolute Gasteiger partial charge is 0.230 e. The Bertz CT molecular complexity index is 283. The van der Waals surface area contributed by atoms with Crippen molar-refractivity contribution in [3.63, 3.8) is 0 Å². The molecule has 1 unspecified atom stereocenters. The second-order valence-electron chi connectivity index (χ2n) is 5.59. The average molecular weight is 256 g/mol. The van der Waals surface area contributed by atoms with E-state index in [1.165, 1.54) is 12.8 Å². The Morgan fingerprint density at radius 3 is 2.24 bits per heavy atom. The summed E-state index contributed by atoms with van der Waals surface area (Å²) in [6, 6.07) is 0.314. The number of nitrogens with two attached hydrogens (primary N) is 1. The van der Waals surface area contributed by atoms with Crippen LogP contribution in [-0.2, 0) is 4.79 Å². The van der Waals surface area contributed by atoms with Crippen molar-refractivity contribution >= 4 is 23.1 Å². The van der Waals surface area contributed by atoms with Gasteiger partial charge >= 0.3 is 0 Å². The second kappa shape index (κ2) is 6.34. The van der Waals surface area contributed by atoms with Crippen LogP contribution in [0.5, 0.6) is 0 Å². The first-order valence-corrected chi connectivity index (χ1v) is 6.92. The predicted octanol–water partition coefficient (Wildman–Crippen LogP) is 2.24. The summed E-state index contributed by atoms with van der Waals surface area (Å²) >= 11 is 4.97. The highest BCUT2D eigenvalue weighted by atomic mass is 32.1. The monoisotopic (exact) mass is 256 g/mol. The van der Waals surface area contributed by atoms with Gasteiger partial charge in [0.2, 0.25) is 5.91 Å². The van der Waals surface area contributed by atoms with Crippen LogP contribution in [0.25, 0.3) is 0 Å². The zero-order valence-corrected chi connectivity index (χ0v) is 11.8. The van der Waals surface area contributed by atoms with Crippen molar-refractivity contribution in [1.82, 2.24) is 5.32 Å². The third-order valence-electron chi connectivity index (χ3n) is 3.62. The van der Waals surface area contributed by atoms with Crippen molar-refractivity contribution in [3.8, 4) is 0 Å². The highest BCUT2D eigenvalue weighted by molar-refractivity contribution is 7.80. The molecule has 0 saturated heterocycles. The number of amides is 1. The maximum absolute atomic E-state index is 12.1. The van der Waals surface area contributed by atoms with Crippen LogP contribution in [0.1, 0.15) is 46.5 Å². The molecule has 0 spiro atoms. The standard InChI is InChI=1S/C13H24N2OS/c1-8(2)11(12(14)17)13(16)15-10-6-4-9(3)5-7-10/h8-11H,4-7H2,1-3H3,(H2,14,17)(H,15,16). The molecule has 3 N–H and O–H groups in total. The minimum Gasteiger partial charge on any atom is -0.393 e. The van der Waals surface area contributed by atoms with E-state index in [0.717, 1.165) is 18.8 Å². The molecule has 1 aliphatic rings. The third kappa shape index (κ3) is 4.26. The van der Waals surface area contributed by atoms with Crippen LogP contribution in [0.4, 0.5) is 0 Å². The lowest BCUT2D eigenvalue weighted by Crippen LogP contribution is -2.46. The summed E-state index contributed by atoms with van der Waals surface area (Å²) in [6.45, 7) is 6.22. The van der Waals surface area contributed by atoms with Crippen LogP contribution in [0.15, 0.2) is 0 Å². The van der Waals surface area contributed by atoms with Gasteiger partial charge in [-0.25, -0.2) is 0 Å². The summed E-state index contributed by atoms with van der Waals surface area (Å²) in [5, 5.41) is 3.10. The molecule has 1 fully saturated rings. The van der Waals surface area contributed by atoms with Crippen molar-refractivity contribution in [2.75, 3.05) is 0 Å². The van der Waals surface area contributed by atoms with Crippen molar-refractivity contribution < 1.29 is 4.79 Å². The van der Waals surface area contributed by atoms with E-state index in [1.54, 1.807) is 0 Å². The van der Waals surface area contributed by atoms with Gasteiger partial charge in [0.05, 0.1) is 10.9 Å². The minimum atomic E-state index is -0.329. The zero-order valence-electron chi connectivity index (χ0n) is 11.0. The van der Waals surface area contributed by atoms with Gasteiger partial charge in [-0.2, -0.15) is 0 Å². The van der Waals surface area contributed by atoms with Crippen LogP contribution >= 0.6 is 12.2 Å². The minimum absolute atomic E-state index is 0.00653. The van der Waals surface area contributed by atoms with E-state index in [-0.39, 0.29) is 17.7 Å². The van der Waals surface area contributed by atoms with Gasteiger partial charge in [0, 0.05) is 6.04 Å². The predicted molar refractivity (Wildman–Crippen MR) is 74.7 cm³/mol. The highest BCUT2D eigenvalue weighted by Crippen LogP contribution is 2.24. The van der Waals surface area contributed by atoms with Crippen LogP contribution in [0.3, 0.4) is 0 Å². The number of hydrogen-bond acceptors (Lipinski definition) is 2. The van der Waals surface area contributed by atoms with Crippen LogP contribution in [-0.4, -0.2) is 16.9 Å². The van der Waals surface area contributed by atoms with Crippen molar-refractivity contribution in [3.05, 3.63) is 0 Å². The molecule has 1 saturated carbocycles. The summed E-state index contributed by atoms with van der Waals surface area (Å²) in [6.07, 6.45) is 4.55. The summed E-state index contributed by atoms with van der Waals surface area (Å²) in [5.41, 5.74) is 5.64. The summed E-state index contributed by atoms with van der Waals surface area (Å²) in [4.78, 5) is 12.4. The van der Waals surface area contributed by atoms with Crippen LogP contribution in [0.2, 0.25) is 0 Å². The van der Waals surface area contributed by atoms with Crippen molar-refractivity contribution in [2.45, 2.75) is 52.5 Å². The molecule has 1 aliphatic carbocycles. The quantitative estimate of drug-likeness (QED) is 0.759. The SMILES string of the molecule is CC1CCC(NC(=O)C(C(N)=S)C(C)C)CC1. The van der Waals surface area contributed by atoms with Gasteiger partial charge in [0.1, 0.15) is 0 Å². The molecule has 1 atom stereocenters. The molecule has 0 heterocycles. The first-order chi connectivity index (χ1) is 7.91. The largest absolute Gasteiger partial charge is 0.393 e. The number of rotatable bonds is 4. The number of nitrogens with one attached hydrogen (secondary N) is 1. The number of carbonyl (C=O) groups is 1. The Kier molecular flexibility index (Phi) is 5.37. The normalized spacial score (nSPS) is 26.6. The second-order valence-corrected chi connectivity index (χ2v) is 6.06. The number of thiocarbonyl (C=S) groups is 1. The zero-order chi connectivity index (χ0) is 13.0. The Hall–Kier alpha value is -0.640. The van der Waals surface area contributed by atoms with Gasteiger partial charge in [0.15, 0.2) is 0 Å². The first-order valence-electron chi connectivity index (χ1n) is 6.51. The molecular weight excluding hydrogens is 232 g/mol. The molecule has 3 nitrogen and oxygen atoms in total. The number of carbonyl (C=O) groups excluding carboxylic acids is 1. The molecule has 0 radical (unpaired) electrons. The Morgan fingerprint density at radius 1 is 1.29 bits per heavy atom. The first kappa shape index (κ1) is 14.4. The molecule has 17 heavy (non-hydrogen) atoms. The molecule has 0 aromatic rings. The van der Waals surface area contributed by atoms with Crippen molar-refractivity contribution in [2.24, 2.45) is 23.5 Å². The molecule has 1 rings (SSSR count). The molecule has 4 heteroatoms. The molecule has 0 aliphatic heterocycles. The van der Waals surface area contributed by atoms with E-state index >= 15 is 0 Å². The molecule has 0 aromatic heterocycles. The summed E-state index contributed by atoms with van der Waals surface area (Å²) in [7, 11) is 0. The van der Waals surface area contributed by atoms with Gasteiger partial charge in [-0.15, -0.1) is 0 Å². The van der Waals surface area contributed by atoms with Crippen LogP contribution < -0.4 is 11.1 Å².